The first-order valence-electron chi connectivity index (χ1n) is 10.6. The van der Waals surface area contributed by atoms with Gasteiger partial charge in [0.15, 0.2) is 5.13 Å². The zero-order valence-electron chi connectivity index (χ0n) is 17.8. The number of aromatic nitrogens is 3. The molecule has 1 aliphatic rings. The molecule has 0 saturated carbocycles. The van der Waals surface area contributed by atoms with Gasteiger partial charge in [0.25, 0.3) is 0 Å². The molecular weight excluding hydrogens is 394 g/mol. The first-order chi connectivity index (χ1) is 14.5. The number of rotatable bonds is 6. The highest BCUT2D eigenvalue weighted by atomic mass is 32.1. The summed E-state index contributed by atoms with van der Waals surface area (Å²) in [4.78, 5) is 20.0. The van der Waals surface area contributed by atoms with Crippen molar-refractivity contribution in [3.8, 4) is 0 Å². The molecule has 1 atom stereocenters. The van der Waals surface area contributed by atoms with Crippen LogP contribution in [-0.4, -0.2) is 44.7 Å². The number of thiazole rings is 1. The molecule has 158 valence electrons. The van der Waals surface area contributed by atoms with Crippen LogP contribution in [0, 0.1) is 0 Å². The molecule has 0 aliphatic carbocycles. The van der Waals surface area contributed by atoms with Crippen LogP contribution in [0.4, 0.5) is 5.13 Å². The summed E-state index contributed by atoms with van der Waals surface area (Å²) in [5.41, 5.74) is 2.22. The molecule has 1 fully saturated rings. The monoisotopic (exact) mass is 423 g/mol. The fourth-order valence-electron chi connectivity index (χ4n) is 4.25. The van der Waals surface area contributed by atoms with Crippen molar-refractivity contribution in [3.63, 3.8) is 0 Å². The summed E-state index contributed by atoms with van der Waals surface area (Å²) in [7, 11) is 0. The van der Waals surface area contributed by atoms with E-state index in [-0.39, 0.29) is 17.4 Å². The highest BCUT2D eigenvalue weighted by Gasteiger charge is 2.41. The van der Waals surface area contributed by atoms with Crippen molar-refractivity contribution in [2.24, 2.45) is 0 Å². The summed E-state index contributed by atoms with van der Waals surface area (Å²) in [5.74, 6) is 0.126. The predicted molar refractivity (Wildman–Crippen MR) is 121 cm³/mol. The van der Waals surface area contributed by atoms with E-state index < -0.39 is 0 Å². The molecule has 1 aromatic carbocycles. The second-order valence-corrected chi connectivity index (χ2v) is 9.13. The van der Waals surface area contributed by atoms with Gasteiger partial charge in [-0.05, 0) is 45.2 Å². The molecule has 3 aromatic rings. The lowest BCUT2D eigenvalue weighted by atomic mass is 9.70. The molecule has 0 bridgehead atoms. The van der Waals surface area contributed by atoms with Crippen molar-refractivity contribution in [1.82, 2.24) is 19.7 Å². The Kier molecular flexibility index (Phi) is 5.90. The Morgan fingerprint density at radius 1 is 1.13 bits per heavy atom. The van der Waals surface area contributed by atoms with Crippen LogP contribution in [0.25, 0.3) is 0 Å². The normalized spacial score (nSPS) is 17.1. The lowest BCUT2D eigenvalue weighted by molar-refractivity contribution is -0.136. The van der Waals surface area contributed by atoms with E-state index in [2.05, 4.69) is 60.0 Å². The highest BCUT2D eigenvalue weighted by Crippen LogP contribution is 2.43. The van der Waals surface area contributed by atoms with Gasteiger partial charge in [-0.3, -0.25) is 9.48 Å². The van der Waals surface area contributed by atoms with Crippen LogP contribution in [0.2, 0.25) is 0 Å². The standard InChI is InChI=1S/C23H29N5OS/c1-17(2)25-22-26-20(16-30-22)23(19-8-5-4-6-9-19)10-14-27(15-11-23)21(29)18(3)28-13-7-12-24-28/h4-9,12-13,16-18H,10-11,14-15H2,1-3H3,(H,25,26). The van der Waals surface area contributed by atoms with Crippen LogP contribution in [0.3, 0.4) is 0 Å². The van der Waals surface area contributed by atoms with Crippen LogP contribution in [-0.2, 0) is 10.2 Å². The van der Waals surface area contributed by atoms with E-state index in [0.29, 0.717) is 19.1 Å². The number of piperidine rings is 1. The van der Waals surface area contributed by atoms with Gasteiger partial charge in [-0.15, -0.1) is 11.3 Å². The van der Waals surface area contributed by atoms with Crippen molar-refractivity contribution in [2.45, 2.75) is 51.1 Å². The van der Waals surface area contributed by atoms with Gasteiger partial charge in [-0.2, -0.15) is 5.10 Å². The minimum atomic E-state index is -0.287. The van der Waals surface area contributed by atoms with E-state index in [1.807, 2.05) is 24.1 Å². The molecule has 1 N–H and O–H groups in total. The zero-order valence-corrected chi connectivity index (χ0v) is 18.6. The van der Waals surface area contributed by atoms with Crippen molar-refractivity contribution >= 4 is 22.4 Å². The summed E-state index contributed by atoms with van der Waals surface area (Å²) in [6, 6.07) is 12.5. The third-order valence-electron chi connectivity index (χ3n) is 5.94. The van der Waals surface area contributed by atoms with Gasteiger partial charge in [0, 0.05) is 42.3 Å². The summed E-state index contributed by atoms with van der Waals surface area (Å²) in [5, 5.41) is 10.8. The highest BCUT2D eigenvalue weighted by molar-refractivity contribution is 7.13. The van der Waals surface area contributed by atoms with Gasteiger partial charge < -0.3 is 10.2 Å². The van der Waals surface area contributed by atoms with Gasteiger partial charge in [-0.25, -0.2) is 4.98 Å². The number of likely N-dealkylation sites (tertiary alicyclic amines) is 1. The third kappa shape index (κ3) is 3.99. The molecule has 1 unspecified atom stereocenters. The SMILES string of the molecule is CC(C)Nc1nc(C2(c3ccccc3)CCN(C(=O)C(C)n3cccn3)CC2)cs1. The van der Waals surface area contributed by atoms with Crippen molar-refractivity contribution in [3.05, 3.63) is 65.4 Å². The number of hydrogen-bond acceptors (Lipinski definition) is 5. The number of hydrogen-bond donors (Lipinski definition) is 1. The molecule has 1 aliphatic heterocycles. The second kappa shape index (κ2) is 8.60. The third-order valence-corrected chi connectivity index (χ3v) is 6.71. The molecule has 0 spiro atoms. The Bertz CT molecular complexity index is 959. The number of benzene rings is 1. The van der Waals surface area contributed by atoms with E-state index >= 15 is 0 Å². The molecule has 6 nitrogen and oxygen atoms in total. The molecule has 30 heavy (non-hydrogen) atoms. The van der Waals surface area contributed by atoms with Gasteiger partial charge in [0.2, 0.25) is 5.91 Å². The molecule has 2 aromatic heterocycles. The Balaban J connectivity index is 1.57. The van der Waals surface area contributed by atoms with Gasteiger partial charge in [0.05, 0.1) is 5.69 Å². The van der Waals surface area contributed by atoms with E-state index in [4.69, 9.17) is 4.98 Å². The quantitative estimate of drug-likeness (QED) is 0.641. The predicted octanol–water partition coefficient (Wildman–Crippen LogP) is 4.33. The number of anilines is 1. The first-order valence-corrected chi connectivity index (χ1v) is 11.4. The number of nitrogens with one attached hydrogen (secondary N) is 1. The summed E-state index contributed by atoms with van der Waals surface area (Å²) >= 11 is 1.66. The van der Waals surface area contributed by atoms with Crippen molar-refractivity contribution in [2.75, 3.05) is 18.4 Å². The molecule has 0 radical (unpaired) electrons. The Morgan fingerprint density at radius 3 is 2.50 bits per heavy atom. The number of amides is 1. The van der Waals surface area contributed by atoms with E-state index in [1.54, 1.807) is 22.2 Å². The Hall–Kier alpha value is -2.67. The molecule has 3 heterocycles. The van der Waals surface area contributed by atoms with Crippen LogP contribution in [0.5, 0.6) is 0 Å². The zero-order chi connectivity index (χ0) is 21.1. The van der Waals surface area contributed by atoms with Crippen LogP contribution in [0.1, 0.15) is 50.9 Å². The second-order valence-electron chi connectivity index (χ2n) is 8.27. The average molecular weight is 424 g/mol. The maximum atomic E-state index is 13.0. The van der Waals surface area contributed by atoms with Crippen molar-refractivity contribution in [1.29, 1.82) is 0 Å². The summed E-state index contributed by atoms with van der Waals surface area (Å²) in [6.45, 7) is 7.59. The minimum Gasteiger partial charge on any atom is -0.359 e. The number of carbonyl (C=O) groups excluding carboxylic acids is 1. The summed E-state index contributed by atoms with van der Waals surface area (Å²) in [6.07, 6.45) is 5.28. The number of carbonyl (C=O) groups is 1. The maximum absolute atomic E-state index is 13.0. The molecule has 1 saturated heterocycles. The Labute approximate surface area is 181 Å². The van der Waals surface area contributed by atoms with Crippen LogP contribution < -0.4 is 5.32 Å². The van der Waals surface area contributed by atoms with Gasteiger partial charge in [0.1, 0.15) is 6.04 Å². The lowest BCUT2D eigenvalue weighted by Gasteiger charge is -2.42. The van der Waals surface area contributed by atoms with Crippen molar-refractivity contribution < 1.29 is 4.79 Å². The van der Waals surface area contributed by atoms with Crippen LogP contribution in [0.15, 0.2) is 54.2 Å². The maximum Gasteiger partial charge on any atom is 0.247 e. The van der Waals surface area contributed by atoms with Gasteiger partial charge in [-0.1, -0.05) is 30.3 Å². The Morgan fingerprint density at radius 2 is 1.87 bits per heavy atom. The topological polar surface area (TPSA) is 63.1 Å². The van der Waals surface area contributed by atoms with Gasteiger partial charge >= 0.3 is 0 Å². The largest absolute Gasteiger partial charge is 0.359 e. The van der Waals surface area contributed by atoms with Crippen LogP contribution >= 0.6 is 11.3 Å². The fraction of sp³-hybridized carbons (Fsp3) is 0.435. The average Bonchev–Trinajstić information content (AvgIpc) is 3.46. The summed E-state index contributed by atoms with van der Waals surface area (Å²) < 4.78 is 1.73. The van der Waals surface area contributed by atoms with E-state index in [1.165, 1.54) is 5.56 Å². The smallest absolute Gasteiger partial charge is 0.247 e. The lowest BCUT2D eigenvalue weighted by Crippen LogP contribution is -2.47. The first kappa shape index (κ1) is 20.6. The molecule has 7 heteroatoms. The number of nitrogens with zero attached hydrogens (tertiary/aromatic N) is 4. The molecule has 1 amide bonds. The van der Waals surface area contributed by atoms with E-state index in [9.17, 15) is 4.79 Å². The fourth-order valence-corrected chi connectivity index (χ4v) is 5.21. The molecular formula is C23H29N5OS. The molecule has 4 rings (SSSR count). The van der Waals surface area contributed by atoms with E-state index in [0.717, 1.165) is 23.7 Å². The minimum absolute atomic E-state index is 0.126.